The molecule has 4 nitrogen and oxygen atoms in total. The monoisotopic (exact) mass is 285 g/mol. The number of anilines is 1. The van der Waals surface area contributed by atoms with Crippen molar-refractivity contribution < 1.29 is 4.42 Å². The van der Waals surface area contributed by atoms with Crippen LogP contribution in [0.4, 0.5) is 5.69 Å². The van der Waals surface area contributed by atoms with Crippen molar-refractivity contribution >= 4 is 28.1 Å². The minimum atomic E-state index is 0.721. The summed E-state index contributed by atoms with van der Waals surface area (Å²) >= 11 is 1.86. The zero-order chi connectivity index (χ0) is 13.5. The fraction of sp³-hybridized carbons (Fsp3) is 0.267. The molecule has 2 aromatic heterocycles. The zero-order valence-electron chi connectivity index (χ0n) is 11.0. The van der Waals surface area contributed by atoms with Crippen molar-refractivity contribution in [1.82, 2.24) is 9.88 Å². The Hall–Kier alpha value is -1.85. The standard InChI is InChI=1S/C15H15N3OS/c16-11-1-2-13-12(7-11)17-15(19-13)9-18-5-3-14-10(8-18)4-6-20-14/h1-2,4,6-7H,3,5,8-9,16H2. The summed E-state index contributed by atoms with van der Waals surface area (Å²) in [5, 5.41) is 2.18. The molecular weight excluding hydrogens is 270 g/mol. The third kappa shape index (κ3) is 2.09. The van der Waals surface area contributed by atoms with E-state index in [-0.39, 0.29) is 0 Å². The van der Waals surface area contributed by atoms with Crippen molar-refractivity contribution in [2.45, 2.75) is 19.5 Å². The van der Waals surface area contributed by atoms with E-state index in [4.69, 9.17) is 10.2 Å². The first-order valence-electron chi connectivity index (χ1n) is 6.70. The van der Waals surface area contributed by atoms with Crippen LogP contribution in [0.3, 0.4) is 0 Å². The first-order valence-corrected chi connectivity index (χ1v) is 7.58. The highest BCUT2D eigenvalue weighted by atomic mass is 32.1. The Balaban J connectivity index is 1.56. The summed E-state index contributed by atoms with van der Waals surface area (Å²) in [6, 6.07) is 7.80. The number of benzene rings is 1. The minimum absolute atomic E-state index is 0.721. The summed E-state index contributed by atoms with van der Waals surface area (Å²) in [6.07, 6.45) is 1.13. The van der Waals surface area contributed by atoms with Gasteiger partial charge in [-0.25, -0.2) is 4.98 Å². The van der Waals surface area contributed by atoms with Crippen LogP contribution < -0.4 is 5.73 Å². The number of nitrogens with zero attached hydrogens (tertiary/aromatic N) is 2. The van der Waals surface area contributed by atoms with Crippen LogP contribution in [0.1, 0.15) is 16.3 Å². The highest BCUT2D eigenvalue weighted by Crippen LogP contribution is 2.26. The average molecular weight is 285 g/mol. The van der Waals surface area contributed by atoms with Gasteiger partial charge in [0.1, 0.15) is 5.52 Å². The molecular formula is C15H15N3OS. The number of fused-ring (bicyclic) bond motifs is 2. The number of nitrogen functional groups attached to an aromatic ring is 1. The van der Waals surface area contributed by atoms with Crippen LogP contribution in [0, 0.1) is 0 Å². The third-order valence-electron chi connectivity index (χ3n) is 3.70. The van der Waals surface area contributed by atoms with Crippen LogP contribution in [0.2, 0.25) is 0 Å². The lowest BCUT2D eigenvalue weighted by Gasteiger charge is -2.25. The number of hydrogen-bond acceptors (Lipinski definition) is 5. The maximum absolute atomic E-state index is 5.79. The first kappa shape index (κ1) is 11.9. The molecule has 0 unspecified atom stereocenters. The van der Waals surface area contributed by atoms with Gasteiger partial charge in [-0.2, -0.15) is 0 Å². The summed E-state index contributed by atoms with van der Waals surface area (Å²) in [5.41, 5.74) is 9.58. The fourth-order valence-electron chi connectivity index (χ4n) is 2.69. The lowest BCUT2D eigenvalue weighted by atomic mass is 10.1. The molecule has 0 radical (unpaired) electrons. The number of oxazole rings is 1. The molecule has 1 aromatic carbocycles. The van der Waals surface area contributed by atoms with E-state index in [0.717, 1.165) is 48.7 Å². The minimum Gasteiger partial charge on any atom is -0.439 e. The molecule has 20 heavy (non-hydrogen) atoms. The van der Waals surface area contributed by atoms with E-state index < -0.39 is 0 Å². The van der Waals surface area contributed by atoms with E-state index in [1.54, 1.807) is 0 Å². The molecule has 1 aliphatic heterocycles. The van der Waals surface area contributed by atoms with Gasteiger partial charge in [-0.3, -0.25) is 4.90 Å². The van der Waals surface area contributed by atoms with Crippen molar-refractivity contribution in [2.24, 2.45) is 0 Å². The van der Waals surface area contributed by atoms with Gasteiger partial charge in [-0.05, 0) is 41.6 Å². The molecule has 0 saturated carbocycles. The van der Waals surface area contributed by atoms with Gasteiger partial charge in [0.2, 0.25) is 5.89 Å². The molecule has 0 fully saturated rings. The SMILES string of the molecule is Nc1ccc2oc(CN3CCc4sccc4C3)nc2c1. The molecule has 0 spiro atoms. The summed E-state index contributed by atoms with van der Waals surface area (Å²) in [6.45, 7) is 2.80. The summed E-state index contributed by atoms with van der Waals surface area (Å²) < 4.78 is 5.79. The summed E-state index contributed by atoms with van der Waals surface area (Å²) in [4.78, 5) is 8.42. The van der Waals surface area contributed by atoms with Crippen LogP contribution in [-0.4, -0.2) is 16.4 Å². The van der Waals surface area contributed by atoms with Crippen LogP contribution in [0.5, 0.6) is 0 Å². The second-order valence-electron chi connectivity index (χ2n) is 5.16. The molecule has 3 aromatic rings. The number of hydrogen-bond donors (Lipinski definition) is 1. The first-order chi connectivity index (χ1) is 9.78. The van der Waals surface area contributed by atoms with E-state index in [1.807, 2.05) is 29.5 Å². The molecule has 3 heterocycles. The van der Waals surface area contributed by atoms with Crippen molar-refractivity contribution in [3.63, 3.8) is 0 Å². The lowest BCUT2D eigenvalue weighted by Crippen LogP contribution is -2.29. The van der Waals surface area contributed by atoms with Crippen molar-refractivity contribution in [1.29, 1.82) is 0 Å². The molecule has 0 amide bonds. The smallest absolute Gasteiger partial charge is 0.209 e. The van der Waals surface area contributed by atoms with Gasteiger partial charge in [0.15, 0.2) is 5.58 Å². The number of rotatable bonds is 2. The molecule has 0 aliphatic carbocycles. The average Bonchev–Trinajstić information content (AvgIpc) is 3.03. The highest BCUT2D eigenvalue weighted by Gasteiger charge is 2.19. The Morgan fingerprint density at radius 2 is 2.30 bits per heavy atom. The van der Waals surface area contributed by atoms with Gasteiger partial charge in [0.25, 0.3) is 0 Å². The van der Waals surface area contributed by atoms with Gasteiger partial charge in [-0.15, -0.1) is 11.3 Å². The number of nitrogens with two attached hydrogens (primary N) is 1. The second-order valence-corrected chi connectivity index (χ2v) is 6.17. The van der Waals surface area contributed by atoms with Crippen LogP contribution in [-0.2, 0) is 19.5 Å². The largest absolute Gasteiger partial charge is 0.439 e. The molecule has 102 valence electrons. The summed E-state index contributed by atoms with van der Waals surface area (Å²) in [5.74, 6) is 0.768. The molecule has 0 bridgehead atoms. The lowest BCUT2D eigenvalue weighted by molar-refractivity contribution is 0.225. The van der Waals surface area contributed by atoms with Crippen LogP contribution >= 0.6 is 11.3 Å². The molecule has 0 saturated heterocycles. The Bertz CT molecular complexity index is 761. The van der Waals surface area contributed by atoms with E-state index in [2.05, 4.69) is 21.3 Å². The van der Waals surface area contributed by atoms with E-state index in [9.17, 15) is 0 Å². The van der Waals surface area contributed by atoms with E-state index in [0.29, 0.717) is 0 Å². The van der Waals surface area contributed by atoms with Gasteiger partial charge in [0, 0.05) is 23.7 Å². The number of thiophene rings is 1. The van der Waals surface area contributed by atoms with E-state index >= 15 is 0 Å². The highest BCUT2D eigenvalue weighted by molar-refractivity contribution is 7.10. The number of aromatic nitrogens is 1. The Morgan fingerprint density at radius 3 is 3.25 bits per heavy atom. The van der Waals surface area contributed by atoms with Gasteiger partial charge >= 0.3 is 0 Å². The zero-order valence-corrected chi connectivity index (χ0v) is 11.8. The van der Waals surface area contributed by atoms with Crippen molar-refractivity contribution in [3.05, 3.63) is 46.0 Å². The molecule has 5 heteroatoms. The maximum atomic E-state index is 5.79. The molecule has 1 aliphatic rings. The third-order valence-corrected chi connectivity index (χ3v) is 4.72. The maximum Gasteiger partial charge on any atom is 0.209 e. The Morgan fingerprint density at radius 1 is 1.35 bits per heavy atom. The topological polar surface area (TPSA) is 55.3 Å². The Labute approximate surface area is 120 Å². The van der Waals surface area contributed by atoms with Crippen molar-refractivity contribution in [3.8, 4) is 0 Å². The second kappa shape index (κ2) is 4.61. The van der Waals surface area contributed by atoms with Crippen LogP contribution in [0.25, 0.3) is 11.1 Å². The van der Waals surface area contributed by atoms with Crippen LogP contribution in [0.15, 0.2) is 34.1 Å². The quantitative estimate of drug-likeness (QED) is 0.735. The normalized spacial score (nSPS) is 15.6. The van der Waals surface area contributed by atoms with Gasteiger partial charge in [-0.1, -0.05) is 0 Å². The van der Waals surface area contributed by atoms with Gasteiger partial charge in [0.05, 0.1) is 6.54 Å². The fourth-order valence-corrected chi connectivity index (χ4v) is 3.58. The Kier molecular flexibility index (Phi) is 2.75. The molecule has 4 rings (SSSR count). The van der Waals surface area contributed by atoms with E-state index in [1.165, 1.54) is 10.4 Å². The predicted molar refractivity (Wildman–Crippen MR) is 80.6 cm³/mol. The molecule has 2 N–H and O–H groups in total. The summed E-state index contributed by atoms with van der Waals surface area (Å²) in [7, 11) is 0. The van der Waals surface area contributed by atoms with Crippen molar-refractivity contribution in [2.75, 3.05) is 12.3 Å². The predicted octanol–water partition coefficient (Wildman–Crippen LogP) is 3.03. The van der Waals surface area contributed by atoms with Gasteiger partial charge < -0.3 is 10.2 Å². The molecule has 0 atom stereocenters.